The summed E-state index contributed by atoms with van der Waals surface area (Å²) in [5.74, 6) is -0.853. The summed E-state index contributed by atoms with van der Waals surface area (Å²) >= 11 is 1.27. The zero-order chi connectivity index (χ0) is 20.4. The van der Waals surface area contributed by atoms with Gasteiger partial charge in [0.15, 0.2) is 0 Å². The van der Waals surface area contributed by atoms with Crippen molar-refractivity contribution < 1.29 is 18.7 Å². The molecule has 0 saturated heterocycles. The number of esters is 1. The summed E-state index contributed by atoms with van der Waals surface area (Å²) in [7, 11) is 0. The van der Waals surface area contributed by atoms with E-state index in [0.29, 0.717) is 21.7 Å². The summed E-state index contributed by atoms with van der Waals surface area (Å²) in [6.07, 6.45) is 0.792. The highest BCUT2D eigenvalue weighted by atomic mass is 32.1. The number of benzene rings is 2. The van der Waals surface area contributed by atoms with Crippen molar-refractivity contribution in [3.8, 4) is 11.1 Å². The Balaban J connectivity index is 1.58. The number of carbonyl (C=O) groups excluding carboxylic acids is 2. The second-order valence-electron chi connectivity index (χ2n) is 6.93. The van der Waals surface area contributed by atoms with Crippen LogP contribution < -0.4 is 5.32 Å². The molecule has 148 valence electrons. The molecule has 4 nitrogen and oxygen atoms in total. The highest BCUT2D eigenvalue weighted by Crippen LogP contribution is 2.48. The molecular weight excluding hydrogens is 389 g/mol. The van der Waals surface area contributed by atoms with Gasteiger partial charge in [-0.1, -0.05) is 42.5 Å². The van der Waals surface area contributed by atoms with Gasteiger partial charge in [-0.2, -0.15) is 0 Å². The molecular formula is C23H20FNO3S. The molecule has 2 atom stereocenters. The number of halogens is 1. The Hall–Kier alpha value is -2.99. The maximum Gasteiger partial charge on any atom is 0.341 e. The van der Waals surface area contributed by atoms with Gasteiger partial charge in [-0.3, -0.25) is 4.79 Å². The molecule has 4 rings (SSSR count). The molecule has 3 aromatic rings. The summed E-state index contributed by atoms with van der Waals surface area (Å²) in [4.78, 5) is 25.4. The van der Waals surface area contributed by atoms with Crippen molar-refractivity contribution >= 4 is 28.2 Å². The number of carbonyl (C=O) groups is 2. The fourth-order valence-electron chi connectivity index (χ4n) is 3.46. The van der Waals surface area contributed by atoms with Crippen LogP contribution in [-0.4, -0.2) is 18.5 Å². The van der Waals surface area contributed by atoms with Crippen molar-refractivity contribution in [1.29, 1.82) is 0 Å². The second kappa shape index (κ2) is 8.17. The Morgan fingerprint density at radius 3 is 2.55 bits per heavy atom. The van der Waals surface area contributed by atoms with Crippen molar-refractivity contribution in [2.75, 3.05) is 11.9 Å². The molecule has 1 heterocycles. The average molecular weight is 409 g/mol. The van der Waals surface area contributed by atoms with Crippen molar-refractivity contribution in [2.24, 2.45) is 5.92 Å². The van der Waals surface area contributed by atoms with Crippen LogP contribution in [0.1, 0.15) is 35.2 Å². The molecule has 1 aliphatic rings. The topological polar surface area (TPSA) is 55.4 Å². The van der Waals surface area contributed by atoms with E-state index in [9.17, 15) is 14.0 Å². The normalized spacial score (nSPS) is 17.6. The number of rotatable bonds is 6. The van der Waals surface area contributed by atoms with Crippen molar-refractivity contribution in [3.63, 3.8) is 0 Å². The van der Waals surface area contributed by atoms with Crippen LogP contribution in [-0.2, 0) is 9.53 Å². The Labute approximate surface area is 172 Å². The average Bonchev–Trinajstić information content (AvgIpc) is 3.43. The first kappa shape index (κ1) is 19.3. The molecule has 0 spiro atoms. The fraction of sp³-hybridized carbons (Fsp3) is 0.217. The van der Waals surface area contributed by atoms with Gasteiger partial charge >= 0.3 is 5.97 Å². The molecule has 1 N–H and O–H groups in total. The lowest BCUT2D eigenvalue weighted by molar-refractivity contribution is -0.117. The minimum absolute atomic E-state index is 0.100. The van der Waals surface area contributed by atoms with Crippen LogP contribution in [0.3, 0.4) is 0 Å². The van der Waals surface area contributed by atoms with Crippen LogP contribution in [0, 0.1) is 11.7 Å². The van der Waals surface area contributed by atoms with Gasteiger partial charge in [-0.05, 0) is 42.5 Å². The van der Waals surface area contributed by atoms with Crippen molar-refractivity contribution in [1.82, 2.24) is 0 Å². The molecule has 2 aromatic carbocycles. The minimum Gasteiger partial charge on any atom is -0.462 e. The molecule has 1 amide bonds. The van der Waals surface area contributed by atoms with Crippen LogP contribution >= 0.6 is 11.3 Å². The molecule has 0 aliphatic heterocycles. The Bertz CT molecular complexity index is 1030. The zero-order valence-electron chi connectivity index (χ0n) is 15.9. The summed E-state index contributed by atoms with van der Waals surface area (Å²) in [5.41, 5.74) is 2.78. The van der Waals surface area contributed by atoms with E-state index >= 15 is 0 Å². The molecule has 29 heavy (non-hydrogen) atoms. The molecule has 1 saturated carbocycles. The number of ether oxygens (including phenoxy) is 1. The molecule has 6 heteroatoms. The SMILES string of the molecule is CCOC(=O)c1c(-c2ccc(F)cc2)csc1NC(=O)[C@@H]1C[C@@H]1c1ccccc1. The van der Waals surface area contributed by atoms with Gasteiger partial charge in [0.05, 0.1) is 6.61 Å². The summed E-state index contributed by atoms with van der Waals surface area (Å²) in [5, 5.41) is 5.17. The lowest BCUT2D eigenvalue weighted by Gasteiger charge is -2.09. The molecule has 0 bridgehead atoms. The lowest BCUT2D eigenvalue weighted by Crippen LogP contribution is -2.16. The number of nitrogens with one attached hydrogen (secondary N) is 1. The van der Waals surface area contributed by atoms with E-state index in [4.69, 9.17) is 4.74 Å². The first-order valence-corrected chi connectivity index (χ1v) is 10.4. The van der Waals surface area contributed by atoms with E-state index in [0.717, 1.165) is 12.0 Å². The van der Waals surface area contributed by atoms with Crippen LogP contribution in [0.4, 0.5) is 9.39 Å². The van der Waals surface area contributed by atoms with Gasteiger partial charge < -0.3 is 10.1 Å². The Morgan fingerprint density at radius 1 is 1.14 bits per heavy atom. The first-order chi connectivity index (χ1) is 14.1. The standard InChI is InChI=1S/C23H20FNO3S/c1-2-28-23(27)20-19(15-8-10-16(24)11-9-15)13-29-22(20)25-21(26)18-12-17(18)14-6-4-3-5-7-14/h3-11,13,17-18H,2,12H2,1H3,(H,25,26)/t17-,18-/m1/s1. The molecule has 0 unspecified atom stereocenters. The van der Waals surface area contributed by atoms with Gasteiger partial charge in [0.25, 0.3) is 0 Å². The predicted molar refractivity (Wildman–Crippen MR) is 112 cm³/mol. The fourth-order valence-corrected chi connectivity index (χ4v) is 4.42. The van der Waals surface area contributed by atoms with E-state index < -0.39 is 5.97 Å². The first-order valence-electron chi connectivity index (χ1n) is 9.48. The summed E-state index contributed by atoms with van der Waals surface area (Å²) in [6.45, 7) is 1.96. The van der Waals surface area contributed by atoms with E-state index in [1.165, 1.54) is 23.5 Å². The van der Waals surface area contributed by atoms with Crippen LogP contribution in [0.5, 0.6) is 0 Å². The Morgan fingerprint density at radius 2 is 1.86 bits per heavy atom. The number of amides is 1. The molecule has 0 radical (unpaired) electrons. The monoisotopic (exact) mass is 409 g/mol. The zero-order valence-corrected chi connectivity index (χ0v) is 16.7. The van der Waals surface area contributed by atoms with E-state index in [2.05, 4.69) is 5.32 Å². The van der Waals surface area contributed by atoms with E-state index in [-0.39, 0.29) is 30.2 Å². The lowest BCUT2D eigenvalue weighted by atomic mass is 10.0. The van der Waals surface area contributed by atoms with Gasteiger partial charge in [0.1, 0.15) is 16.4 Å². The second-order valence-corrected chi connectivity index (χ2v) is 7.81. The highest BCUT2D eigenvalue weighted by molar-refractivity contribution is 7.15. The third kappa shape index (κ3) is 4.07. The van der Waals surface area contributed by atoms with Crippen LogP contribution in [0.25, 0.3) is 11.1 Å². The van der Waals surface area contributed by atoms with Crippen molar-refractivity contribution in [3.05, 3.63) is 76.9 Å². The van der Waals surface area contributed by atoms with Crippen LogP contribution in [0.15, 0.2) is 60.0 Å². The largest absolute Gasteiger partial charge is 0.462 e. The van der Waals surface area contributed by atoms with Crippen molar-refractivity contribution in [2.45, 2.75) is 19.3 Å². The molecule has 1 fully saturated rings. The summed E-state index contributed by atoms with van der Waals surface area (Å²) in [6, 6.07) is 15.8. The highest BCUT2D eigenvalue weighted by Gasteiger charge is 2.44. The van der Waals surface area contributed by atoms with E-state index in [1.807, 2.05) is 30.3 Å². The van der Waals surface area contributed by atoms with E-state index in [1.54, 1.807) is 24.4 Å². The van der Waals surface area contributed by atoms with Gasteiger partial charge in [0.2, 0.25) is 5.91 Å². The predicted octanol–water partition coefficient (Wildman–Crippen LogP) is 5.47. The van der Waals surface area contributed by atoms with Crippen LogP contribution in [0.2, 0.25) is 0 Å². The third-order valence-electron chi connectivity index (χ3n) is 5.02. The smallest absolute Gasteiger partial charge is 0.341 e. The number of hydrogen-bond acceptors (Lipinski definition) is 4. The quantitative estimate of drug-likeness (QED) is 0.549. The van der Waals surface area contributed by atoms with Gasteiger partial charge in [-0.15, -0.1) is 11.3 Å². The molecule has 1 aliphatic carbocycles. The van der Waals surface area contributed by atoms with Gasteiger partial charge in [-0.25, -0.2) is 9.18 Å². The third-order valence-corrected chi connectivity index (χ3v) is 5.91. The number of thiophene rings is 1. The minimum atomic E-state index is -0.501. The maximum atomic E-state index is 13.3. The van der Waals surface area contributed by atoms with Gasteiger partial charge in [0, 0.05) is 16.9 Å². The number of hydrogen-bond donors (Lipinski definition) is 1. The maximum absolute atomic E-state index is 13.3. The molecule has 1 aromatic heterocycles. The summed E-state index contributed by atoms with van der Waals surface area (Å²) < 4.78 is 18.5. The Kier molecular flexibility index (Phi) is 5.45. The number of anilines is 1.